The van der Waals surface area contributed by atoms with Gasteiger partial charge in [0.1, 0.15) is 6.17 Å². The lowest BCUT2D eigenvalue weighted by Crippen LogP contribution is -2.66. The Hall–Kier alpha value is -1.63. The van der Waals surface area contributed by atoms with Crippen LogP contribution in [-0.4, -0.2) is 17.9 Å². The van der Waals surface area contributed by atoms with Crippen molar-refractivity contribution >= 4 is 0 Å². The van der Waals surface area contributed by atoms with Crippen molar-refractivity contribution in [2.24, 2.45) is 23.0 Å². The van der Waals surface area contributed by atoms with Gasteiger partial charge in [-0.05, 0) is 43.9 Å². The van der Waals surface area contributed by atoms with Crippen LogP contribution in [0.1, 0.15) is 20.3 Å². The summed E-state index contributed by atoms with van der Waals surface area (Å²) in [6.45, 7) is 3.90. The summed E-state index contributed by atoms with van der Waals surface area (Å²) < 4.78 is 14.6. The van der Waals surface area contributed by atoms with Crippen LogP contribution < -0.4 is 11.1 Å². The monoisotopic (exact) mass is 296 g/mol. The van der Waals surface area contributed by atoms with Crippen LogP contribution in [0.4, 0.5) is 4.39 Å². The van der Waals surface area contributed by atoms with Crippen LogP contribution in [0.25, 0.3) is 0 Å². The van der Waals surface area contributed by atoms with E-state index >= 15 is 0 Å². The zero-order valence-corrected chi connectivity index (χ0v) is 12.9. The average Bonchev–Trinajstić information content (AvgIpc) is 3.11. The van der Waals surface area contributed by atoms with Crippen molar-refractivity contribution in [2.45, 2.75) is 38.1 Å². The quantitative estimate of drug-likeness (QED) is 0.730. The Kier molecular flexibility index (Phi) is 2.82. The van der Waals surface area contributed by atoms with Gasteiger partial charge in [0.25, 0.3) is 0 Å². The van der Waals surface area contributed by atoms with E-state index in [0.717, 1.165) is 12.0 Å². The molecule has 22 heavy (non-hydrogen) atoms. The van der Waals surface area contributed by atoms with Gasteiger partial charge in [-0.2, -0.15) is 0 Å². The topological polar surface area (TPSA) is 38.0 Å². The number of nitrogens with one attached hydrogen (secondary N) is 1. The molecule has 4 unspecified atom stereocenters. The molecular weight excluding hydrogens is 275 g/mol. The summed E-state index contributed by atoms with van der Waals surface area (Å²) in [5.74, 6) is 6.07. The van der Waals surface area contributed by atoms with Gasteiger partial charge in [0.2, 0.25) is 0 Å². The van der Waals surface area contributed by atoms with E-state index in [2.05, 4.69) is 42.3 Å². The lowest BCUT2D eigenvalue weighted by molar-refractivity contribution is 0.0699. The number of allylic oxidation sites excluding steroid dienone is 5. The number of rotatable bonds is 1. The lowest BCUT2D eigenvalue weighted by atomic mass is 9.66. The zero-order valence-electron chi connectivity index (χ0n) is 12.9. The Morgan fingerprint density at radius 3 is 2.91 bits per heavy atom. The second kappa shape index (κ2) is 4.44. The molecule has 3 N–H and O–H groups in total. The van der Waals surface area contributed by atoms with Crippen molar-refractivity contribution in [2.75, 3.05) is 0 Å². The first-order chi connectivity index (χ1) is 10.5. The van der Waals surface area contributed by atoms with Gasteiger partial charge in [0.05, 0.1) is 6.17 Å². The van der Waals surface area contributed by atoms with Crippen molar-refractivity contribution in [3.05, 3.63) is 47.6 Å². The van der Waals surface area contributed by atoms with Gasteiger partial charge in [0, 0.05) is 22.4 Å². The molecule has 1 heterocycles. The molecule has 1 spiro atoms. The molecule has 0 aromatic heterocycles. The molecule has 2 nitrogen and oxygen atoms in total. The van der Waals surface area contributed by atoms with Gasteiger partial charge in [-0.3, -0.25) is 5.32 Å². The predicted molar refractivity (Wildman–Crippen MR) is 86.3 cm³/mol. The van der Waals surface area contributed by atoms with E-state index in [9.17, 15) is 4.39 Å². The van der Waals surface area contributed by atoms with Crippen LogP contribution in [0.2, 0.25) is 0 Å². The van der Waals surface area contributed by atoms with Crippen LogP contribution in [0.5, 0.6) is 0 Å². The maximum Gasteiger partial charge on any atom is 0.127 e. The fraction of sp³-hybridized carbons (Fsp3) is 0.474. The van der Waals surface area contributed by atoms with Crippen LogP contribution in [0.15, 0.2) is 47.6 Å². The number of halogens is 1. The largest absolute Gasteiger partial charge is 0.315 e. The Labute approximate surface area is 131 Å². The molecule has 1 aliphatic heterocycles. The summed E-state index contributed by atoms with van der Waals surface area (Å²) in [6, 6.07) is 0. The normalized spacial score (nSPS) is 47.8. The second-order valence-corrected chi connectivity index (χ2v) is 7.07. The highest BCUT2D eigenvalue weighted by Crippen LogP contribution is 2.62. The van der Waals surface area contributed by atoms with Gasteiger partial charge in [-0.15, -0.1) is 5.92 Å². The van der Waals surface area contributed by atoms with E-state index < -0.39 is 6.17 Å². The summed E-state index contributed by atoms with van der Waals surface area (Å²) in [5.41, 5.74) is 8.30. The third-order valence-corrected chi connectivity index (χ3v) is 5.74. The van der Waals surface area contributed by atoms with Crippen LogP contribution in [-0.2, 0) is 0 Å². The molecule has 0 aromatic rings. The number of hydrogen-bond acceptors (Lipinski definition) is 2. The molecule has 1 saturated heterocycles. The lowest BCUT2D eigenvalue weighted by Gasteiger charge is -2.50. The van der Waals surface area contributed by atoms with Crippen LogP contribution in [0.3, 0.4) is 0 Å². The smallest absolute Gasteiger partial charge is 0.127 e. The van der Waals surface area contributed by atoms with E-state index in [0.29, 0.717) is 5.92 Å². The third kappa shape index (κ3) is 1.74. The Morgan fingerprint density at radius 1 is 1.36 bits per heavy atom. The molecular formula is C19H21FN2. The zero-order chi connectivity index (χ0) is 15.5. The fourth-order valence-electron chi connectivity index (χ4n) is 4.49. The van der Waals surface area contributed by atoms with E-state index in [1.165, 1.54) is 5.57 Å². The third-order valence-electron chi connectivity index (χ3n) is 5.74. The molecule has 1 fully saturated rings. The first kappa shape index (κ1) is 14.0. The van der Waals surface area contributed by atoms with Gasteiger partial charge in [-0.1, -0.05) is 30.2 Å². The molecule has 0 aromatic carbocycles. The Bertz CT molecular complexity index is 705. The van der Waals surface area contributed by atoms with E-state index in [1.54, 1.807) is 19.1 Å². The molecule has 0 bridgehead atoms. The summed E-state index contributed by atoms with van der Waals surface area (Å²) >= 11 is 0. The van der Waals surface area contributed by atoms with Crippen molar-refractivity contribution in [1.29, 1.82) is 0 Å². The maximum atomic E-state index is 14.6. The second-order valence-electron chi connectivity index (χ2n) is 7.07. The minimum Gasteiger partial charge on any atom is -0.315 e. The van der Waals surface area contributed by atoms with Crippen molar-refractivity contribution in [1.82, 2.24) is 5.32 Å². The molecule has 6 atom stereocenters. The molecule has 0 amide bonds. The molecule has 4 rings (SSSR count). The Morgan fingerprint density at radius 2 is 2.18 bits per heavy atom. The van der Waals surface area contributed by atoms with Crippen molar-refractivity contribution in [3.8, 4) is 11.8 Å². The van der Waals surface area contributed by atoms with Gasteiger partial charge in [0.15, 0.2) is 0 Å². The summed E-state index contributed by atoms with van der Waals surface area (Å²) in [6.07, 6.45) is 11.8. The number of piperidine rings is 1. The number of nitrogens with two attached hydrogens (primary N) is 1. The maximum absolute atomic E-state index is 14.6. The summed E-state index contributed by atoms with van der Waals surface area (Å²) in [7, 11) is 0. The van der Waals surface area contributed by atoms with Crippen molar-refractivity contribution < 1.29 is 4.39 Å². The van der Waals surface area contributed by atoms with Crippen molar-refractivity contribution in [3.63, 3.8) is 0 Å². The molecule has 114 valence electrons. The van der Waals surface area contributed by atoms with Crippen LogP contribution in [0, 0.1) is 29.1 Å². The van der Waals surface area contributed by atoms with Gasteiger partial charge >= 0.3 is 0 Å². The van der Waals surface area contributed by atoms with Crippen LogP contribution >= 0.6 is 0 Å². The number of alkyl halides is 1. The standard InChI is InChI=1S/C19H21FN2/c1-3-4-12-5-8-16(20)15(9-12)18(2)10-13-6-7-14-11-19(13,14)17(21)22-18/h5-9,11,13,15-17,22H,10,21H2,1-2H3/t13-,15?,16?,17+,18?,19?/m1/s1. The van der Waals surface area contributed by atoms with E-state index in [4.69, 9.17) is 5.73 Å². The van der Waals surface area contributed by atoms with E-state index in [-0.39, 0.29) is 23.0 Å². The summed E-state index contributed by atoms with van der Waals surface area (Å²) in [5, 5.41) is 3.53. The molecule has 0 saturated carbocycles. The summed E-state index contributed by atoms with van der Waals surface area (Å²) in [4.78, 5) is 0. The molecule has 4 aliphatic rings. The van der Waals surface area contributed by atoms with Gasteiger partial charge < -0.3 is 5.73 Å². The highest BCUT2D eigenvalue weighted by atomic mass is 19.1. The average molecular weight is 296 g/mol. The highest BCUT2D eigenvalue weighted by molar-refractivity contribution is 5.57. The Balaban J connectivity index is 1.65. The molecule has 0 radical (unpaired) electrons. The fourth-order valence-corrected chi connectivity index (χ4v) is 4.49. The first-order valence-corrected chi connectivity index (χ1v) is 7.91. The minimum absolute atomic E-state index is 0.00555. The molecule has 3 aliphatic carbocycles. The highest BCUT2D eigenvalue weighted by Gasteiger charge is 2.62. The number of hydrogen-bond donors (Lipinski definition) is 2. The first-order valence-electron chi connectivity index (χ1n) is 7.91. The van der Waals surface area contributed by atoms with Gasteiger partial charge in [-0.25, -0.2) is 4.39 Å². The van der Waals surface area contributed by atoms with E-state index in [1.807, 2.05) is 6.08 Å². The molecule has 3 heteroatoms. The predicted octanol–water partition coefficient (Wildman–Crippen LogP) is 2.61. The SMILES string of the molecule is CC#CC1=CC(C2(C)C[C@H]3C=CC4=CC43[C@@H](N)N2)C(F)C=C1. The minimum atomic E-state index is -1.00.